The van der Waals surface area contributed by atoms with E-state index >= 15 is 0 Å². The van der Waals surface area contributed by atoms with Crippen LogP contribution in [0, 0.1) is 5.41 Å². The molecular formula is C15H23NO3. The van der Waals surface area contributed by atoms with E-state index in [-0.39, 0.29) is 24.7 Å². The van der Waals surface area contributed by atoms with Crippen LogP contribution in [0.25, 0.3) is 0 Å². The van der Waals surface area contributed by atoms with E-state index in [1.165, 1.54) is 0 Å². The fourth-order valence-corrected chi connectivity index (χ4v) is 1.83. The Labute approximate surface area is 114 Å². The summed E-state index contributed by atoms with van der Waals surface area (Å²) < 4.78 is 5.11. The molecule has 4 heteroatoms. The van der Waals surface area contributed by atoms with Gasteiger partial charge in [-0.05, 0) is 17.4 Å². The van der Waals surface area contributed by atoms with E-state index in [9.17, 15) is 9.90 Å². The molecule has 1 amide bonds. The van der Waals surface area contributed by atoms with Gasteiger partial charge in [-0.25, -0.2) is 4.79 Å². The zero-order valence-corrected chi connectivity index (χ0v) is 11.8. The van der Waals surface area contributed by atoms with E-state index in [0.717, 1.165) is 5.56 Å². The number of hydrogen-bond acceptors (Lipinski definition) is 3. The summed E-state index contributed by atoms with van der Waals surface area (Å²) in [7, 11) is 0. The average molecular weight is 265 g/mol. The third-order valence-electron chi connectivity index (χ3n) is 2.61. The Hall–Kier alpha value is -1.55. The van der Waals surface area contributed by atoms with Crippen LogP contribution in [-0.2, 0) is 11.3 Å². The summed E-state index contributed by atoms with van der Waals surface area (Å²) in [6.07, 6.45) is 0.205. The van der Waals surface area contributed by atoms with Gasteiger partial charge in [-0.1, -0.05) is 51.1 Å². The number of carbonyl (C=O) groups excluding carboxylic acids is 1. The number of carbonyl (C=O) groups is 1. The number of rotatable bonds is 5. The molecule has 106 valence electrons. The maximum atomic E-state index is 11.6. The second kappa shape index (κ2) is 7.14. The highest BCUT2D eigenvalue weighted by molar-refractivity contribution is 5.67. The number of amides is 1. The normalized spacial score (nSPS) is 12.8. The Morgan fingerprint density at radius 2 is 1.95 bits per heavy atom. The maximum Gasteiger partial charge on any atom is 0.407 e. The molecule has 0 radical (unpaired) electrons. The first-order chi connectivity index (χ1) is 8.90. The lowest BCUT2D eigenvalue weighted by Gasteiger charge is -2.25. The van der Waals surface area contributed by atoms with E-state index in [1.54, 1.807) is 0 Å². The van der Waals surface area contributed by atoms with Crippen LogP contribution in [-0.4, -0.2) is 23.8 Å². The van der Waals surface area contributed by atoms with Gasteiger partial charge in [-0.3, -0.25) is 0 Å². The Balaban J connectivity index is 2.37. The van der Waals surface area contributed by atoms with Crippen molar-refractivity contribution >= 4 is 6.09 Å². The van der Waals surface area contributed by atoms with Gasteiger partial charge in [-0.15, -0.1) is 0 Å². The van der Waals surface area contributed by atoms with E-state index in [4.69, 9.17) is 4.74 Å². The molecule has 1 rings (SSSR count). The zero-order chi connectivity index (χ0) is 14.3. The second-order valence-corrected chi connectivity index (χ2v) is 5.85. The lowest BCUT2D eigenvalue weighted by atomic mass is 9.88. The summed E-state index contributed by atoms with van der Waals surface area (Å²) in [6.45, 7) is 6.34. The third-order valence-corrected chi connectivity index (χ3v) is 2.61. The van der Waals surface area contributed by atoms with Gasteiger partial charge in [0.05, 0.1) is 12.6 Å². The van der Waals surface area contributed by atoms with Crippen molar-refractivity contribution < 1.29 is 14.6 Å². The second-order valence-electron chi connectivity index (χ2n) is 5.85. The minimum atomic E-state index is -0.493. The molecule has 19 heavy (non-hydrogen) atoms. The third kappa shape index (κ3) is 6.82. The van der Waals surface area contributed by atoms with E-state index in [0.29, 0.717) is 6.42 Å². The molecule has 0 saturated carbocycles. The summed E-state index contributed by atoms with van der Waals surface area (Å²) in [5.74, 6) is 0. The Morgan fingerprint density at radius 3 is 2.47 bits per heavy atom. The molecule has 0 aliphatic heterocycles. The quantitative estimate of drug-likeness (QED) is 0.860. The Bertz CT molecular complexity index is 384. The van der Waals surface area contributed by atoms with Crippen molar-refractivity contribution in [1.29, 1.82) is 0 Å². The molecule has 0 unspecified atom stereocenters. The summed E-state index contributed by atoms with van der Waals surface area (Å²) >= 11 is 0. The minimum absolute atomic E-state index is 0.0418. The number of benzene rings is 1. The van der Waals surface area contributed by atoms with Crippen molar-refractivity contribution in [3.8, 4) is 0 Å². The standard InChI is InChI=1S/C15H23NO3/c1-15(2,3)9-13(10-17)16-14(18)19-11-12-7-5-4-6-8-12/h4-8,13,17H,9-11H2,1-3H3,(H,16,18)/t13-/m1/s1. The van der Waals surface area contributed by atoms with Gasteiger partial charge in [-0.2, -0.15) is 0 Å². The molecule has 0 bridgehead atoms. The molecule has 0 aliphatic carbocycles. The van der Waals surface area contributed by atoms with Crippen LogP contribution in [0.5, 0.6) is 0 Å². The monoisotopic (exact) mass is 265 g/mol. The molecule has 2 N–H and O–H groups in total. The summed E-state index contributed by atoms with van der Waals surface area (Å²) in [5.41, 5.74) is 0.981. The van der Waals surface area contributed by atoms with E-state index in [2.05, 4.69) is 26.1 Å². The largest absolute Gasteiger partial charge is 0.445 e. The number of hydrogen-bond donors (Lipinski definition) is 2. The van der Waals surface area contributed by atoms with Crippen LogP contribution in [0.1, 0.15) is 32.8 Å². The number of alkyl carbamates (subject to hydrolysis) is 1. The fraction of sp³-hybridized carbons (Fsp3) is 0.533. The highest BCUT2D eigenvalue weighted by Gasteiger charge is 2.20. The first-order valence-electron chi connectivity index (χ1n) is 6.49. The van der Waals surface area contributed by atoms with Gasteiger partial charge < -0.3 is 15.2 Å². The molecule has 0 aromatic heterocycles. The highest BCUT2D eigenvalue weighted by atomic mass is 16.5. The van der Waals surface area contributed by atoms with Crippen molar-refractivity contribution in [3.63, 3.8) is 0 Å². The molecule has 4 nitrogen and oxygen atoms in total. The zero-order valence-electron chi connectivity index (χ0n) is 11.8. The smallest absolute Gasteiger partial charge is 0.407 e. The summed E-state index contributed by atoms with van der Waals surface area (Å²) in [4.78, 5) is 11.6. The van der Waals surface area contributed by atoms with Crippen LogP contribution in [0.3, 0.4) is 0 Å². The van der Waals surface area contributed by atoms with Gasteiger partial charge in [0.25, 0.3) is 0 Å². The predicted molar refractivity (Wildman–Crippen MR) is 74.7 cm³/mol. The van der Waals surface area contributed by atoms with Crippen molar-refractivity contribution in [2.75, 3.05) is 6.61 Å². The molecule has 1 atom stereocenters. The topological polar surface area (TPSA) is 58.6 Å². The minimum Gasteiger partial charge on any atom is -0.445 e. The highest BCUT2D eigenvalue weighted by Crippen LogP contribution is 2.20. The van der Waals surface area contributed by atoms with Crippen LogP contribution in [0.15, 0.2) is 30.3 Å². The van der Waals surface area contributed by atoms with Crippen molar-refractivity contribution in [3.05, 3.63) is 35.9 Å². The molecule has 0 heterocycles. The lowest BCUT2D eigenvalue weighted by Crippen LogP contribution is -2.40. The Morgan fingerprint density at radius 1 is 1.32 bits per heavy atom. The van der Waals surface area contributed by atoms with Crippen LogP contribution in [0.2, 0.25) is 0 Å². The van der Waals surface area contributed by atoms with E-state index in [1.807, 2.05) is 30.3 Å². The van der Waals surface area contributed by atoms with Gasteiger partial charge in [0.1, 0.15) is 6.61 Å². The maximum absolute atomic E-state index is 11.6. The fourth-order valence-electron chi connectivity index (χ4n) is 1.83. The number of aliphatic hydroxyl groups excluding tert-OH is 1. The van der Waals surface area contributed by atoms with Gasteiger partial charge >= 0.3 is 6.09 Å². The Kier molecular flexibility index (Phi) is 5.83. The van der Waals surface area contributed by atoms with Gasteiger partial charge in [0, 0.05) is 0 Å². The number of ether oxygens (including phenoxy) is 1. The SMILES string of the molecule is CC(C)(C)C[C@H](CO)NC(=O)OCc1ccccc1. The molecule has 1 aromatic carbocycles. The van der Waals surface area contributed by atoms with Crippen LogP contribution < -0.4 is 5.32 Å². The first kappa shape index (κ1) is 15.5. The number of aliphatic hydroxyl groups is 1. The molecule has 0 aliphatic rings. The van der Waals surface area contributed by atoms with Crippen LogP contribution in [0.4, 0.5) is 4.79 Å². The lowest BCUT2D eigenvalue weighted by molar-refractivity contribution is 0.123. The molecule has 0 fully saturated rings. The van der Waals surface area contributed by atoms with Crippen LogP contribution >= 0.6 is 0 Å². The van der Waals surface area contributed by atoms with Crippen molar-refractivity contribution in [2.45, 2.75) is 39.8 Å². The predicted octanol–water partition coefficient (Wildman–Crippen LogP) is 2.71. The number of nitrogens with one attached hydrogen (secondary N) is 1. The average Bonchev–Trinajstić information content (AvgIpc) is 2.35. The van der Waals surface area contributed by atoms with Crippen molar-refractivity contribution in [1.82, 2.24) is 5.32 Å². The van der Waals surface area contributed by atoms with Gasteiger partial charge in [0.15, 0.2) is 0 Å². The summed E-state index contributed by atoms with van der Waals surface area (Å²) in [6, 6.07) is 9.22. The van der Waals surface area contributed by atoms with Crippen molar-refractivity contribution in [2.24, 2.45) is 5.41 Å². The first-order valence-corrected chi connectivity index (χ1v) is 6.49. The molecule has 0 spiro atoms. The van der Waals surface area contributed by atoms with E-state index < -0.39 is 6.09 Å². The van der Waals surface area contributed by atoms with Gasteiger partial charge in [0.2, 0.25) is 0 Å². The molecule has 1 aromatic rings. The molecular weight excluding hydrogens is 242 g/mol. The summed E-state index contributed by atoms with van der Waals surface area (Å²) in [5, 5.41) is 11.9. The molecule has 0 saturated heterocycles.